The molecular formula is C21H23NO4. The zero-order valence-corrected chi connectivity index (χ0v) is 15.4. The number of amides is 1. The first kappa shape index (κ1) is 16.8. The third kappa shape index (κ3) is 2.59. The number of benzene rings is 1. The van der Waals surface area contributed by atoms with E-state index in [-0.39, 0.29) is 5.91 Å². The predicted octanol–water partition coefficient (Wildman–Crippen LogP) is 4.23. The van der Waals surface area contributed by atoms with Gasteiger partial charge >= 0.3 is 0 Å². The van der Waals surface area contributed by atoms with Crippen molar-refractivity contribution in [2.24, 2.45) is 0 Å². The van der Waals surface area contributed by atoms with Crippen LogP contribution in [0.1, 0.15) is 48.0 Å². The van der Waals surface area contributed by atoms with Crippen LogP contribution in [0.2, 0.25) is 0 Å². The maximum absolute atomic E-state index is 12.6. The number of carbonyl (C=O) groups is 1. The number of methoxy groups -OCH3 is 2. The van der Waals surface area contributed by atoms with Gasteiger partial charge in [0.15, 0.2) is 11.5 Å². The Labute approximate surface area is 153 Å². The fourth-order valence-corrected chi connectivity index (χ4v) is 3.95. The van der Waals surface area contributed by atoms with Gasteiger partial charge in [-0.3, -0.25) is 4.79 Å². The number of hydrogen-bond acceptors (Lipinski definition) is 4. The fraction of sp³-hybridized carbons (Fsp3) is 0.381. The van der Waals surface area contributed by atoms with Gasteiger partial charge in [0.25, 0.3) is 5.91 Å². The summed E-state index contributed by atoms with van der Waals surface area (Å²) >= 11 is 0. The van der Waals surface area contributed by atoms with E-state index in [0.29, 0.717) is 17.1 Å². The summed E-state index contributed by atoms with van der Waals surface area (Å²) in [6.45, 7) is 2.14. The zero-order valence-electron chi connectivity index (χ0n) is 15.4. The molecule has 1 aliphatic heterocycles. The first-order valence-corrected chi connectivity index (χ1v) is 9.09. The second kappa shape index (κ2) is 6.56. The van der Waals surface area contributed by atoms with Gasteiger partial charge in [0.05, 0.1) is 25.5 Å². The van der Waals surface area contributed by atoms with Gasteiger partial charge in [0, 0.05) is 23.6 Å². The normalized spacial score (nSPS) is 17.0. The van der Waals surface area contributed by atoms with Gasteiger partial charge in [0.1, 0.15) is 11.5 Å². The van der Waals surface area contributed by atoms with Crippen LogP contribution in [0.5, 0.6) is 11.5 Å². The van der Waals surface area contributed by atoms with Crippen LogP contribution >= 0.6 is 0 Å². The van der Waals surface area contributed by atoms with E-state index in [2.05, 4.69) is 12.2 Å². The standard InChI is InChI=1S/C21H23NO4/c1-4-12-13-7-5-6-8-17(13)26-18(12)10-15-14-9-19(24-2)20(25-3)11-16(14)22-21(15)23/h9-11H,4-8H2,1-3H3,(H,22,23). The summed E-state index contributed by atoms with van der Waals surface area (Å²) in [6.07, 6.45) is 7.21. The van der Waals surface area contributed by atoms with Crippen LogP contribution in [0.4, 0.5) is 5.69 Å². The monoisotopic (exact) mass is 353 g/mol. The molecule has 1 N–H and O–H groups in total. The molecule has 2 aliphatic rings. The number of rotatable bonds is 4. The van der Waals surface area contributed by atoms with Gasteiger partial charge < -0.3 is 19.2 Å². The number of anilines is 1. The highest BCUT2D eigenvalue weighted by Gasteiger charge is 2.28. The van der Waals surface area contributed by atoms with E-state index in [0.717, 1.165) is 42.0 Å². The minimum atomic E-state index is -0.133. The number of hydrogen-bond donors (Lipinski definition) is 1. The van der Waals surface area contributed by atoms with Crippen molar-refractivity contribution in [2.75, 3.05) is 19.5 Å². The molecule has 4 rings (SSSR count). The summed E-state index contributed by atoms with van der Waals surface area (Å²) in [4.78, 5) is 12.6. The van der Waals surface area contributed by atoms with Gasteiger partial charge in [-0.1, -0.05) is 6.92 Å². The third-order valence-electron chi connectivity index (χ3n) is 5.25. The molecule has 136 valence electrons. The van der Waals surface area contributed by atoms with E-state index in [1.54, 1.807) is 20.3 Å². The summed E-state index contributed by atoms with van der Waals surface area (Å²) in [5.41, 5.74) is 4.71. The molecule has 0 atom stereocenters. The average molecular weight is 353 g/mol. The number of furan rings is 1. The lowest BCUT2D eigenvalue weighted by molar-refractivity contribution is -0.110. The summed E-state index contributed by atoms with van der Waals surface area (Å²) in [5, 5.41) is 2.91. The number of nitrogens with one attached hydrogen (secondary N) is 1. The zero-order chi connectivity index (χ0) is 18.3. The molecule has 5 heteroatoms. The Morgan fingerprint density at radius 2 is 1.88 bits per heavy atom. The number of aryl methyl sites for hydroxylation is 1. The van der Waals surface area contributed by atoms with E-state index in [4.69, 9.17) is 13.9 Å². The molecule has 2 heterocycles. The van der Waals surface area contributed by atoms with Crippen molar-refractivity contribution in [2.45, 2.75) is 39.0 Å². The van der Waals surface area contributed by atoms with Crippen molar-refractivity contribution in [1.29, 1.82) is 0 Å². The Morgan fingerprint density at radius 1 is 1.15 bits per heavy atom. The molecule has 0 fully saturated rings. The minimum Gasteiger partial charge on any atom is -0.493 e. The fourth-order valence-electron chi connectivity index (χ4n) is 3.95. The molecule has 1 amide bonds. The summed E-state index contributed by atoms with van der Waals surface area (Å²) in [5.74, 6) is 2.96. The second-order valence-electron chi connectivity index (χ2n) is 6.67. The van der Waals surface area contributed by atoms with Crippen LogP contribution < -0.4 is 14.8 Å². The van der Waals surface area contributed by atoms with Crippen molar-refractivity contribution < 1.29 is 18.7 Å². The molecule has 26 heavy (non-hydrogen) atoms. The second-order valence-corrected chi connectivity index (χ2v) is 6.67. The number of carbonyl (C=O) groups excluding carboxylic acids is 1. The van der Waals surface area contributed by atoms with Crippen molar-refractivity contribution in [1.82, 2.24) is 0 Å². The minimum absolute atomic E-state index is 0.133. The summed E-state index contributed by atoms with van der Waals surface area (Å²) < 4.78 is 16.9. The molecular weight excluding hydrogens is 330 g/mol. The van der Waals surface area contributed by atoms with Crippen molar-refractivity contribution >= 4 is 23.2 Å². The van der Waals surface area contributed by atoms with Gasteiger partial charge in [-0.15, -0.1) is 0 Å². The van der Waals surface area contributed by atoms with E-state index in [1.165, 1.54) is 24.0 Å². The molecule has 0 saturated heterocycles. The predicted molar refractivity (Wildman–Crippen MR) is 101 cm³/mol. The molecule has 0 saturated carbocycles. The SMILES string of the molecule is CCc1c(C=C2C(=O)Nc3cc(OC)c(OC)cc32)oc2c1CCCC2. The molecule has 1 aliphatic carbocycles. The third-order valence-corrected chi connectivity index (χ3v) is 5.25. The maximum atomic E-state index is 12.6. The van der Waals surface area contributed by atoms with Crippen LogP contribution in [0.25, 0.3) is 11.6 Å². The average Bonchev–Trinajstić information content (AvgIpc) is 3.17. The number of fused-ring (bicyclic) bond motifs is 2. The van der Waals surface area contributed by atoms with Crippen molar-refractivity contribution in [3.63, 3.8) is 0 Å². The van der Waals surface area contributed by atoms with Crippen molar-refractivity contribution in [3.05, 3.63) is 40.3 Å². The Bertz CT molecular complexity index is 907. The molecule has 0 radical (unpaired) electrons. The highest BCUT2D eigenvalue weighted by atomic mass is 16.5. The Morgan fingerprint density at radius 3 is 2.62 bits per heavy atom. The Balaban J connectivity index is 1.83. The van der Waals surface area contributed by atoms with Crippen molar-refractivity contribution in [3.8, 4) is 11.5 Å². The smallest absolute Gasteiger partial charge is 0.256 e. The first-order valence-electron chi connectivity index (χ1n) is 9.09. The van der Waals surface area contributed by atoms with Gasteiger partial charge in [-0.25, -0.2) is 0 Å². The van der Waals surface area contributed by atoms with E-state index in [1.807, 2.05) is 12.1 Å². The van der Waals surface area contributed by atoms with E-state index in [9.17, 15) is 4.79 Å². The Kier molecular flexibility index (Phi) is 4.23. The highest BCUT2D eigenvalue weighted by Crippen LogP contribution is 2.42. The largest absolute Gasteiger partial charge is 0.493 e. The molecule has 0 bridgehead atoms. The Hall–Kier alpha value is -2.69. The quantitative estimate of drug-likeness (QED) is 0.836. The van der Waals surface area contributed by atoms with Gasteiger partial charge in [-0.05, 0) is 43.4 Å². The summed E-state index contributed by atoms with van der Waals surface area (Å²) in [6, 6.07) is 3.63. The summed E-state index contributed by atoms with van der Waals surface area (Å²) in [7, 11) is 3.17. The van der Waals surface area contributed by atoms with Crippen LogP contribution in [-0.4, -0.2) is 20.1 Å². The van der Waals surface area contributed by atoms with E-state index < -0.39 is 0 Å². The molecule has 0 spiro atoms. The lowest BCUT2D eigenvalue weighted by Gasteiger charge is -2.09. The van der Waals surface area contributed by atoms with E-state index >= 15 is 0 Å². The topological polar surface area (TPSA) is 60.7 Å². The van der Waals surface area contributed by atoms with Crippen LogP contribution in [0.15, 0.2) is 16.5 Å². The lowest BCUT2D eigenvalue weighted by atomic mass is 9.93. The number of ether oxygens (including phenoxy) is 2. The molecule has 1 aromatic heterocycles. The first-order chi connectivity index (χ1) is 12.7. The van der Waals surface area contributed by atoms with Gasteiger partial charge in [0.2, 0.25) is 0 Å². The molecule has 0 unspecified atom stereocenters. The van der Waals surface area contributed by atoms with Crippen LogP contribution in [-0.2, 0) is 24.1 Å². The van der Waals surface area contributed by atoms with Gasteiger partial charge in [-0.2, -0.15) is 0 Å². The lowest BCUT2D eigenvalue weighted by Crippen LogP contribution is -2.03. The van der Waals surface area contributed by atoms with Crippen LogP contribution in [0.3, 0.4) is 0 Å². The molecule has 1 aromatic carbocycles. The highest BCUT2D eigenvalue weighted by molar-refractivity contribution is 6.35. The maximum Gasteiger partial charge on any atom is 0.256 e. The molecule has 5 nitrogen and oxygen atoms in total. The molecule has 2 aromatic rings. The van der Waals surface area contributed by atoms with Crippen LogP contribution in [0, 0.1) is 0 Å².